The standard InChI is InChI=1S/C6H3BrClF2NO2S/c7-5-1-4(14(8,12)13)3(2-11-5)6(9)10/h1-2,6H. The van der Waals surface area contributed by atoms with Gasteiger partial charge < -0.3 is 0 Å². The van der Waals surface area contributed by atoms with Crippen LogP contribution in [0.5, 0.6) is 0 Å². The van der Waals surface area contributed by atoms with Crippen LogP contribution < -0.4 is 0 Å². The van der Waals surface area contributed by atoms with Crippen molar-refractivity contribution < 1.29 is 17.2 Å². The molecule has 0 radical (unpaired) electrons. The van der Waals surface area contributed by atoms with E-state index in [1.165, 1.54) is 0 Å². The highest BCUT2D eigenvalue weighted by Crippen LogP contribution is 2.29. The van der Waals surface area contributed by atoms with Gasteiger partial charge in [0.15, 0.2) is 0 Å². The van der Waals surface area contributed by atoms with Crippen LogP contribution in [0.1, 0.15) is 12.0 Å². The Morgan fingerprint density at radius 1 is 1.50 bits per heavy atom. The van der Waals surface area contributed by atoms with Crippen molar-refractivity contribution in [1.29, 1.82) is 0 Å². The van der Waals surface area contributed by atoms with Crippen LogP contribution >= 0.6 is 26.6 Å². The zero-order valence-electron chi connectivity index (χ0n) is 6.42. The first-order valence-corrected chi connectivity index (χ1v) is 6.31. The van der Waals surface area contributed by atoms with E-state index in [9.17, 15) is 17.2 Å². The van der Waals surface area contributed by atoms with Crippen LogP contribution in [-0.2, 0) is 9.05 Å². The van der Waals surface area contributed by atoms with E-state index in [0.29, 0.717) is 0 Å². The molecule has 1 rings (SSSR count). The van der Waals surface area contributed by atoms with Crippen molar-refractivity contribution in [3.63, 3.8) is 0 Å². The summed E-state index contributed by atoms with van der Waals surface area (Å²) >= 11 is 2.86. The number of aromatic nitrogens is 1. The molecule has 78 valence electrons. The van der Waals surface area contributed by atoms with Gasteiger partial charge in [-0.3, -0.25) is 0 Å². The van der Waals surface area contributed by atoms with E-state index in [2.05, 4.69) is 20.9 Å². The SMILES string of the molecule is O=S(=O)(Cl)c1cc(Br)ncc1C(F)F. The number of nitrogens with zero attached hydrogens (tertiary/aromatic N) is 1. The minimum absolute atomic E-state index is 0.126. The lowest BCUT2D eigenvalue weighted by Crippen LogP contribution is -2.00. The lowest BCUT2D eigenvalue weighted by Gasteiger charge is -2.04. The molecule has 8 heteroatoms. The number of pyridine rings is 1. The first-order chi connectivity index (χ1) is 6.32. The van der Waals surface area contributed by atoms with Crippen molar-refractivity contribution in [2.75, 3.05) is 0 Å². The van der Waals surface area contributed by atoms with Gasteiger partial charge in [-0.25, -0.2) is 22.2 Å². The van der Waals surface area contributed by atoms with E-state index >= 15 is 0 Å². The molecule has 0 bridgehead atoms. The van der Waals surface area contributed by atoms with E-state index in [-0.39, 0.29) is 4.60 Å². The molecule has 1 heterocycles. The third-order valence-corrected chi connectivity index (χ3v) is 3.17. The number of alkyl halides is 2. The molecule has 0 aliphatic carbocycles. The first-order valence-electron chi connectivity index (χ1n) is 3.20. The Labute approximate surface area is 91.6 Å². The van der Waals surface area contributed by atoms with E-state index in [1.807, 2.05) is 0 Å². The third kappa shape index (κ3) is 2.61. The van der Waals surface area contributed by atoms with Crippen LogP contribution in [0.4, 0.5) is 8.78 Å². The summed E-state index contributed by atoms with van der Waals surface area (Å²) in [4.78, 5) is 2.86. The average molecular weight is 307 g/mol. The van der Waals surface area contributed by atoms with Crippen LogP contribution in [0, 0.1) is 0 Å². The second kappa shape index (κ2) is 4.08. The number of halogens is 4. The van der Waals surface area contributed by atoms with Crippen molar-refractivity contribution in [2.45, 2.75) is 11.3 Å². The highest BCUT2D eigenvalue weighted by molar-refractivity contribution is 9.10. The van der Waals surface area contributed by atoms with Gasteiger partial charge in [-0.1, -0.05) is 0 Å². The summed E-state index contributed by atoms with van der Waals surface area (Å²) in [7, 11) is 0.791. The van der Waals surface area contributed by atoms with Crippen molar-refractivity contribution in [2.24, 2.45) is 0 Å². The quantitative estimate of drug-likeness (QED) is 0.623. The fraction of sp³-hybridized carbons (Fsp3) is 0.167. The maximum Gasteiger partial charge on any atom is 0.266 e. The molecule has 0 N–H and O–H groups in total. The molecule has 3 nitrogen and oxygen atoms in total. The monoisotopic (exact) mass is 305 g/mol. The van der Waals surface area contributed by atoms with E-state index in [1.54, 1.807) is 0 Å². The Morgan fingerprint density at radius 3 is 2.50 bits per heavy atom. The van der Waals surface area contributed by atoms with Crippen LogP contribution in [0.3, 0.4) is 0 Å². The smallest absolute Gasteiger partial charge is 0.249 e. The zero-order valence-corrected chi connectivity index (χ0v) is 9.57. The van der Waals surface area contributed by atoms with Gasteiger partial charge in [-0.15, -0.1) is 0 Å². The molecule has 0 fully saturated rings. The molecular formula is C6H3BrClF2NO2S. The van der Waals surface area contributed by atoms with E-state index in [0.717, 1.165) is 12.3 Å². The van der Waals surface area contributed by atoms with Crippen LogP contribution in [0.15, 0.2) is 21.8 Å². The average Bonchev–Trinajstić information content (AvgIpc) is 2.01. The van der Waals surface area contributed by atoms with Crippen LogP contribution in [0.25, 0.3) is 0 Å². The van der Waals surface area contributed by atoms with Gasteiger partial charge in [0.2, 0.25) is 0 Å². The summed E-state index contributed by atoms with van der Waals surface area (Å²) in [6, 6.07) is 0.934. The van der Waals surface area contributed by atoms with Crippen molar-refractivity contribution in [1.82, 2.24) is 4.98 Å². The predicted molar refractivity (Wildman–Crippen MR) is 49.9 cm³/mol. The van der Waals surface area contributed by atoms with Gasteiger partial charge >= 0.3 is 0 Å². The fourth-order valence-corrected chi connectivity index (χ4v) is 2.36. The molecule has 0 saturated carbocycles. The highest BCUT2D eigenvalue weighted by atomic mass is 79.9. The molecular weight excluding hydrogens is 303 g/mol. The maximum absolute atomic E-state index is 12.3. The first kappa shape index (κ1) is 11.8. The van der Waals surface area contributed by atoms with Gasteiger partial charge in [-0.05, 0) is 22.0 Å². The summed E-state index contributed by atoms with van der Waals surface area (Å²) in [5, 5.41) is 0. The Kier molecular flexibility index (Phi) is 3.44. The normalized spacial score (nSPS) is 12.1. The molecule has 0 amide bonds. The largest absolute Gasteiger partial charge is 0.266 e. The topological polar surface area (TPSA) is 47.0 Å². The van der Waals surface area contributed by atoms with Gasteiger partial charge in [0.25, 0.3) is 15.5 Å². The molecule has 14 heavy (non-hydrogen) atoms. The molecule has 0 aliphatic heterocycles. The molecule has 0 aromatic carbocycles. The zero-order chi connectivity index (χ0) is 10.9. The Morgan fingerprint density at radius 2 is 2.07 bits per heavy atom. The van der Waals surface area contributed by atoms with Gasteiger partial charge in [-0.2, -0.15) is 0 Å². The number of hydrogen-bond donors (Lipinski definition) is 0. The predicted octanol–water partition coefficient (Wildman–Crippen LogP) is 2.71. The van der Waals surface area contributed by atoms with Gasteiger partial charge in [0, 0.05) is 16.9 Å². The Hall–Kier alpha value is -0.270. The second-order valence-corrected chi connectivity index (χ2v) is 5.63. The highest BCUT2D eigenvalue weighted by Gasteiger charge is 2.22. The van der Waals surface area contributed by atoms with Crippen molar-refractivity contribution >= 4 is 35.7 Å². The van der Waals surface area contributed by atoms with Crippen LogP contribution in [-0.4, -0.2) is 13.4 Å². The second-order valence-electron chi connectivity index (χ2n) is 2.28. The van der Waals surface area contributed by atoms with Crippen molar-refractivity contribution in [3.8, 4) is 0 Å². The molecule has 0 saturated heterocycles. The van der Waals surface area contributed by atoms with E-state index in [4.69, 9.17) is 10.7 Å². The fourth-order valence-electron chi connectivity index (χ4n) is 0.799. The van der Waals surface area contributed by atoms with Gasteiger partial charge in [0.1, 0.15) is 4.60 Å². The molecule has 0 unspecified atom stereocenters. The number of hydrogen-bond acceptors (Lipinski definition) is 3. The molecule has 1 aromatic heterocycles. The minimum atomic E-state index is -4.18. The molecule has 1 aromatic rings. The summed E-state index contributed by atoms with van der Waals surface area (Å²) in [6.07, 6.45) is -2.16. The van der Waals surface area contributed by atoms with Gasteiger partial charge in [0.05, 0.1) is 10.5 Å². The Bertz CT molecular complexity index is 451. The molecule has 0 spiro atoms. The summed E-state index contributed by atoms with van der Waals surface area (Å²) < 4.78 is 46.5. The van der Waals surface area contributed by atoms with Crippen LogP contribution in [0.2, 0.25) is 0 Å². The summed E-state index contributed by atoms with van der Waals surface area (Å²) in [5.41, 5.74) is -0.705. The maximum atomic E-state index is 12.3. The Balaban J connectivity index is 3.46. The minimum Gasteiger partial charge on any atom is -0.249 e. The molecule has 0 atom stereocenters. The third-order valence-electron chi connectivity index (χ3n) is 1.36. The lowest BCUT2D eigenvalue weighted by atomic mass is 10.3. The summed E-state index contributed by atoms with van der Waals surface area (Å²) in [6.45, 7) is 0. The summed E-state index contributed by atoms with van der Waals surface area (Å²) in [5.74, 6) is 0. The van der Waals surface area contributed by atoms with E-state index < -0.39 is 25.9 Å². The number of rotatable bonds is 2. The van der Waals surface area contributed by atoms with Crippen molar-refractivity contribution in [3.05, 3.63) is 22.4 Å². The lowest BCUT2D eigenvalue weighted by molar-refractivity contribution is 0.147. The molecule has 0 aliphatic rings.